The summed E-state index contributed by atoms with van der Waals surface area (Å²) in [5.74, 6) is -0.630. The number of anilines is 1. The maximum Gasteiger partial charge on any atom is 0.410 e. The first kappa shape index (κ1) is 18.8. The Morgan fingerprint density at radius 2 is 2.15 bits per heavy atom. The third kappa shape index (κ3) is 3.74. The molecular weight excluding hydrogens is 359 g/mol. The zero-order chi connectivity index (χ0) is 19.6. The number of carbonyl (C=O) groups excluding carboxylic acids is 1. The Bertz CT molecular complexity index is 856. The van der Waals surface area contributed by atoms with Crippen LogP contribution in [0.15, 0.2) is 36.5 Å². The summed E-state index contributed by atoms with van der Waals surface area (Å²) in [4.78, 5) is 12.5. The number of amides is 1. The highest BCUT2D eigenvalue weighted by Crippen LogP contribution is 2.44. The highest BCUT2D eigenvalue weighted by molar-refractivity contribution is 5.99. The third-order valence-corrected chi connectivity index (χ3v) is 4.55. The van der Waals surface area contributed by atoms with Gasteiger partial charge in [0, 0.05) is 6.42 Å². The third-order valence-electron chi connectivity index (χ3n) is 4.55. The molecule has 1 amide bonds. The summed E-state index contributed by atoms with van der Waals surface area (Å²) in [6.07, 6.45) is -3.26. The molecule has 142 valence electrons. The molecule has 1 aliphatic rings. The van der Waals surface area contributed by atoms with E-state index in [0.717, 1.165) is 10.9 Å². The summed E-state index contributed by atoms with van der Waals surface area (Å²) in [5, 5.41) is 18.3. The van der Waals surface area contributed by atoms with Gasteiger partial charge in [-0.05, 0) is 12.0 Å². The van der Waals surface area contributed by atoms with Gasteiger partial charge in [-0.25, -0.2) is 4.68 Å². The molecule has 9 heteroatoms. The van der Waals surface area contributed by atoms with Gasteiger partial charge < -0.3 is 10.6 Å². The van der Waals surface area contributed by atoms with Crippen LogP contribution in [0.25, 0.3) is 0 Å². The summed E-state index contributed by atoms with van der Waals surface area (Å²) in [7, 11) is 0. The quantitative estimate of drug-likeness (QED) is 0.853. The van der Waals surface area contributed by atoms with Crippen LogP contribution in [-0.4, -0.2) is 27.9 Å². The average Bonchev–Trinajstić information content (AvgIpc) is 3.09. The molecule has 2 heterocycles. The molecule has 0 fully saturated rings. The van der Waals surface area contributed by atoms with Crippen molar-refractivity contribution < 1.29 is 18.0 Å². The van der Waals surface area contributed by atoms with Crippen molar-refractivity contribution in [1.29, 1.82) is 5.26 Å². The topological polar surface area (TPSA) is 82.7 Å². The number of aromatic nitrogens is 2. The van der Waals surface area contributed by atoms with Gasteiger partial charge in [-0.3, -0.25) is 4.79 Å². The lowest BCUT2D eigenvalue weighted by Crippen LogP contribution is -2.37. The van der Waals surface area contributed by atoms with Gasteiger partial charge in [-0.1, -0.05) is 37.3 Å². The van der Waals surface area contributed by atoms with E-state index >= 15 is 0 Å². The van der Waals surface area contributed by atoms with Crippen molar-refractivity contribution in [2.45, 2.75) is 44.1 Å². The fourth-order valence-electron chi connectivity index (χ4n) is 3.09. The molecule has 3 atom stereocenters. The van der Waals surface area contributed by atoms with Gasteiger partial charge in [0.05, 0.1) is 18.3 Å². The maximum absolute atomic E-state index is 13.6. The van der Waals surface area contributed by atoms with E-state index in [1.807, 2.05) is 6.07 Å². The van der Waals surface area contributed by atoms with Crippen molar-refractivity contribution in [1.82, 2.24) is 15.1 Å². The van der Waals surface area contributed by atoms with Crippen LogP contribution >= 0.6 is 0 Å². The van der Waals surface area contributed by atoms with E-state index in [1.165, 1.54) is 0 Å². The number of nitrogens with one attached hydrogen (secondary N) is 2. The lowest BCUT2D eigenvalue weighted by molar-refractivity contribution is -0.173. The number of benzene rings is 1. The highest BCUT2D eigenvalue weighted by atomic mass is 19.4. The molecule has 1 aromatic heterocycles. The standard InChI is InChI=1S/C18H18F3N5O/c1-2-12(9-22)24-17(27)13-10-23-26-15(18(19,20)21)8-14(25-16(13)26)11-6-4-3-5-7-11/h3-7,10,12,14-15,25H,2,8H2,1H3,(H,24,27)/t12?,14-,15+/m0/s1. The average molecular weight is 377 g/mol. The Morgan fingerprint density at radius 1 is 1.44 bits per heavy atom. The maximum atomic E-state index is 13.6. The van der Waals surface area contributed by atoms with Crippen LogP contribution in [-0.2, 0) is 0 Å². The number of carbonyl (C=O) groups is 1. The summed E-state index contributed by atoms with van der Waals surface area (Å²) >= 11 is 0. The predicted molar refractivity (Wildman–Crippen MR) is 91.9 cm³/mol. The second-order valence-corrected chi connectivity index (χ2v) is 6.32. The van der Waals surface area contributed by atoms with E-state index in [4.69, 9.17) is 5.26 Å². The van der Waals surface area contributed by atoms with Gasteiger partial charge in [0.1, 0.15) is 17.4 Å². The molecule has 1 aromatic carbocycles. The zero-order valence-corrected chi connectivity index (χ0v) is 14.5. The molecule has 0 aliphatic carbocycles. The molecule has 2 N–H and O–H groups in total. The van der Waals surface area contributed by atoms with Crippen LogP contribution in [0.2, 0.25) is 0 Å². The number of alkyl halides is 3. The van der Waals surface area contributed by atoms with Crippen LogP contribution < -0.4 is 10.6 Å². The van der Waals surface area contributed by atoms with Crippen molar-refractivity contribution >= 4 is 11.7 Å². The lowest BCUT2D eigenvalue weighted by Gasteiger charge is -2.34. The first-order valence-electron chi connectivity index (χ1n) is 8.51. The van der Waals surface area contributed by atoms with Crippen molar-refractivity contribution in [2.24, 2.45) is 0 Å². The summed E-state index contributed by atoms with van der Waals surface area (Å²) < 4.78 is 41.6. The molecule has 0 radical (unpaired) electrons. The number of fused-ring (bicyclic) bond motifs is 1. The second-order valence-electron chi connectivity index (χ2n) is 6.32. The molecule has 6 nitrogen and oxygen atoms in total. The monoisotopic (exact) mass is 377 g/mol. The SMILES string of the molecule is CCC(C#N)NC(=O)c1cnn2c1N[C@H](c1ccccc1)C[C@@H]2C(F)(F)F. The Balaban J connectivity index is 1.98. The van der Waals surface area contributed by atoms with E-state index in [2.05, 4.69) is 15.7 Å². The number of rotatable bonds is 4. The van der Waals surface area contributed by atoms with Gasteiger partial charge in [-0.2, -0.15) is 23.5 Å². The number of halogens is 3. The Kier molecular flexibility index (Phi) is 5.08. The van der Waals surface area contributed by atoms with E-state index < -0.39 is 30.2 Å². The number of nitrogens with zero attached hydrogens (tertiary/aromatic N) is 3. The predicted octanol–water partition coefficient (Wildman–Crippen LogP) is 3.58. The largest absolute Gasteiger partial charge is 0.410 e. The van der Waals surface area contributed by atoms with Crippen LogP contribution in [0.4, 0.5) is 19.0 Å². The fraction of sp³-hybridized carbons (Fsp3) is 0.389. The first-order chi connectivity index (χ1) is 12.8. The Morgan fingerprint density at radius 3 is 2.74 bits per heavy atom. The number of hydrogen-bond donors (Lipinski definition) is 2. The van der Waals surface area contributed by atoms with Gasteiger partial charge >= 0.3 is 6.18 Å². The summed E-state index contributed by atoms with van der Waals surface area (Å²) in [5.41, 5.74) is 0.674. The van der Waals surface area contributed by atoms with Crippen LogP contribution in [0.3, 0.4) is 0 Å². The van der Waals surface area contributed by atoms with Gasteiger partial charge in [-0.15, -0.1) is 0 Å². The minimum Gasteiger partial charge on any atom is -0.363 e. The minimum atomic E-state index is -4.51. The van der Waals surface area contributed by atoms with Crippen molar-refractivity contribution in [3.8, 4) is 6.07 Å². The molecule has 0 saturated carbocycles. The normalized spacial score (nSPS) is 20.1. The van der Waals surface area contributed by atoms with Gasteiger partial charge in [0.25, 0.3) is 5.91 Å². The van der Waals surface area contributed by atoms with E-state index in [1.54, 1.807) is 37.3 Å². The van der Waals surface area contributed by atoms with Crippen LogP contribution in [0.5, 0.6) is 0 Å². The van der Waals surface area contributed by atoms with Crippen molar-refractivity contribution in [2.75, 3.05) is 5.32 Å². The fourth-order valence-corrected chi connectivity index (χ4v) is 3.09. The van der Waals surface area contributed by atoms with E-state index in [0.29, 0.717) is 12.0 Å². The molecule has 0 bridgehead atoms. The number of nitriles is 1. The highest BCUT2D eigenvalue weighted by Gasteiger charge is 2.47. The molecular formula is C18H18F3N5O. The second kappa shape index (κ2) is 7.31. The molecule has 3 rings (SSSR count). The number of hydrogen-bond acceptors (Lipinski definition) is 4. The lowest BCUT2D eigenvalue weighted by atomic mass is 9.96. The van der Waals surface area contributed by atoms with Crippen LogP contribution in [0, 0.1) is 11.3 Å². The van der Waals surface area contributed by atoms with Crippen molar-refractivity contribution in [3.63, 3.8) is 0 Å². The Hall–Kier alpha value is -3.02. The first-order valence-corrected chi connectivity index (χ1v) is 8.51. The zero-order valence-electron chi connectivity index (χ0n) is 14.5. The minimum absolute atomic E-state index is 0.00252. The molecule has 2 aromatic rings. The molecule has 1 unspecified atom stereocenters. The molecule has 0 spiro atoms. The molecule has 27 heavy (non-hydrogen) atoms. The molecule has 1 aliphatic heterocycles. The summed E-state index contributed by atoms with van der Waals surface area (Å²) in [6, 6.07) is 7.49. The smallest absolute Gasteiger partial charge is 0.363 e. The van der Waals surface area contributed by atoms with E-state index in [-0.39, 0.29) is 17.8 Å². The van der Waals surface area contributed by atoms with Crippen LogP contribution in [0.1, 0.15) is 47.8 Å². The summed E-state index contributed by atoms with van der Waals surface area (Å²) in [6.45, 7) is 1.73. The van der Waals surface area contributed by atoms with Crippen molar-refractivity contribution in [3.05, 3.63) is 47.7 Å². The molecule has 0 saturated heterocycles. The van der Waals surface area contributed by atoms with E-state index in [9.17, 15) is 18.0 Å². The van der Waals surface area contributed by atoms with Gasteiger partial charge in [0.15, 0.2) is 6.04 Å². The Labute approximate surface area is 154 Å². The van der Waals surface area contributed by atoms with Gasteiger partial charge in [0.2, 0.25) is 0 Å².